The molecule has 2 heterocycles. The van der Waals surface area contributed by atoms with Gasteiger partial charge in [0.05, 0.1) is 0 Å². The molecule has 0 bridgehead atoms. The molecule has 2 rings (SSSR count). The molecule has 0 amide bonds. The van der Waals surface area contributed by atoms with Gasteiger partial charge in [-0.2, -0.15) is 28.0 Å². The molecule has 0 aromatic carbocycles. The Morgan fingerprint density at radius 1 is 0.780 bits per heavy atom. The fourth-order valence-electron chi connectivity index (χ4n) is 3.30. The summed E-state index contributed by atoms with van der Waals surface area (Å²) in [7, 11) is -5.69. The fraction of sp³-hybridized carbons (Fsp3) is 0.621. The molecule has 41 heavy (non-hydrogen) atoms. The van der Waals surface area contributed by atoms with E-state index < -0.39 is 21.5 Å². The van der Waals surface area contributed by atoms with Gasteiger partial charge in [-0.25, -0.2) is 4.98 Å². The van der Waals surface area contributed by atoms with Gasteiger partial charge in [0.15, 0.2) is 0 Å². The zero-order chi connectivity index (χ0) is 29.6. The van der Waals surface area contributed by atoms with Gasteiger partial charge in [0.2, 0.25) is 5.88 Å². The molecule has 2 aromatic rings. The zero-order valence-electron chi connectivity index (χ0n) is 24.7. The Kier molecular flexibility index (Phi) is 29.5. The van der Waals surface area contributed by atoms with E-state index >= 15 is 0 Å². The second-order valence-electron chi connectivity index (χ2n) is 9.08. The van der Waals surface area contributed by atoms with Crippen LogP contribution in [-0.2, 0) is 23.0 Å². The van der Waals surface area contributed by atoms with Gasteiger partial charge in [-0.1, -0.05) is 102 Å². The maximum Gasteiger partial charge on any atom is 2.00 e. The van der Waals surface area contributed by atoms with Crippen molar-refractivity contribution in [2.75, 3.05) is 0 Å². The summed E-state index contributed by atoms with van der Waals surface area (Å²) in [6.45, 7) is 10.4. The normalized spacial score (nSPS) is 10.6. The largest absolute Gasteiger partial charge is 2.00 e. The third-order valence-corrected chi connectivity index (χ3v) is 6.63. The van der Waals surface area contributed by atoms with E-state index in [1.807, 2.05) is 0 Å². The van der Waals surface area contributed by atoms with Crippen molar-refractivity contribution in [2.45, 2.75) is 116 Å². The topological polar surface area (TPSA) is 69.2 Å². The molecule has 0 saturated carbocycles. The average Bonchev–Trinajstić information content (AvgIpc) is 2.88. The molecule has 232 valence electrons. The van der Waals surface area contributed by atoms with Crippen LogP contribution in [0.3, 0.4) is 0 Å². The van der Waals surface area contributed by atoms with E-state index in [1.54, 1.807) is 0 Å². The Morgan fingerprint density at radius 2 is 1.24 bits per heavy atom. The van der Waals surface area contributed by atoms with Crippen LogP contribution in [0.5, 0.6) is 5.88 Å². The van der Waals surface area contributed by atoms with Crippen molar-refractivity contribution in [1.29, 1.82) is 0 Å². The molecule has 0 N–H and O–H groups in total. The van der Waals surface area contributed by atoms with Crippen LogP contribution in [0.25, 0.3) is 0 Å². The van der Waals surface area contributed by atoms with Crippen molar-refractivity contribution in [3.05, 3.63) is 59.9 Å². The summed E-state index contributed by atoms with van der Waals surface area (Å²) in [6.07, 6.45) is 18.0. The van der Waals surface area contributed by atoms with Crippen LogP contribution in [0.15, 0.2) is 36.4 Å². The molecule has 5 nitrogen and oxygen atoms in total. The number of rotatable bonds is 15. The van der Waals surface area contributed by atoms with Crippen LogP contribution < -0.4 is 21.2 Å². The second-order valence-corrected chi connectivity index (χ2v) is 11.0. The monoisotopic (exact) mass is 696 g/mol. The van der Waals surface area contributed by atoms with Gasteiger partial charge in [-0.15, -0.1) is 0 Å². The number of aryl methyl sites for hydroxylation is 2. The Labute approximate surface area is 277 Å². The molecule has 0 atom stereocenters. The first-order valence-electron chi connectivity index (χ1n) is 13.9. The minimum Gasteiger partial charge on any atom is -1.00 e. The maximum absolute atomic E-state index is 11.8. The summed E-state index contributed by atoms with van der Waals surface area (Å²) in [5.74, 6) is -0.736. The number of unbranched alkanes of at least 4 members (excludes halogenated alkanes) is 9. The quantitative estimate of drug-likeness (QED) is 0.0545. The number of alkyl halides is 3. The Morgan fingerprint density at radius 3 is 1.63 bits per heavy atom. The minimum atomic E-state index is -5.69. The molecule has 0 radical (unpaired) electrons. The van der Waals surface area contributed by atoms with E-state index in [4.69, 9.17) is 16.6 Å². The van der Waals surface area contributed by atoms with Crippen LogP contribution in [-0.4, -0.2) is 46.9 Å². The smallest absolute Gasteiger partial charge is 1.00 e. The number of aromatic nitrogens is 2. The molecule has 0 aliphatic rings. The summed E-state index contributed by atoms with van der Waals surface area (Å²) >= 11 is 5.32. The number of halogens is 5. The first-order valence-corrected chi connectivity index (χ1v) is 15.7. The predicted molar refractivity (Wildman–Crippen MR) is 160 cm³/mol. The van der Waals surface area contributed by atoms with Gasteiger partial charge in [0.1, 0.15) is 5.15 Å². The third kappa shape index (κ3) is 23.5. The number of hydrogen-bond acceptors (Lipinski definition) is 5. The molecule has 0 saturated heterocycles. The molecule has 2 aromatic heterocycles. The van der Waals surface area contributed by atoms with Gasteiger partial charge in [-0.05, 0) is 43.9 Å². The van der Waals surface area contributed by atoms with Gasteiger partial charge in [-0.3, -0.25) is 4.98 Å². The van der Waals surface area contributed by atoms with Crippen LogP contribution in [0.2, 0.25) is 5.15 Å². The molecular formula is C29H45BrClF3MgN2O3S. The van der Waals surface area contributed by atoms with E-state index in [0.717, 1.165) is 25.3 Å². The van der Waals surface area contributed by atoms with E-state index in [-0.39, 0.29) is 45.2 Å². The van der Waals surface area contributed by atoms with E-state index in [9.17, 15) is 21.6 Å². The Bertz CT molecular complexity index is 972. The summed E-state index contributed by atoms with van der Waals surface area (Å²) in [6, 6.07) is 9.95. The standard InChI is InChI=1S/C17H29N.C6H3ClF3NO3S.C6H13.BrH.Mg/c1-3-5-7-9-12-16-14-11-15-17(18-16)13-10-8-6-4-2;7-4-2-1-3-5(11-4)14-15(12,13)6(8,9)10;1-3-5-6-4-2;;/h11,14-15H,3-10,12-13H2,1-2H3;1-3H;1,3-6H2,2H3;1H;/q;;-1;;+2/p-1. The fourth-order valence-corrected chi connectivity index (χ4v) is 3.86. The van der Waals surface area contributed by atoms with Crippen molar-refractivity contribution < 1.29 is 42.8 Å². The Balaban J connectivity index is -0.000000571. The van der Waals surface area contributed by atoms with Crippen LogP contribution >= 0.6 is 11.6 Å². The summed E-state index contributed by atoms with van der Waals surface area (Å²) < 4.78 is 60.2. The zero-order valence-corrected chi connectivity index (χ0v) is 29.3. The van der Waals surface area contributed by atoms with Crippen molar-refractivity contribution >= 4 is 44.8 Å². The predicted octanol–water partition coefficient (Wildman–Crippen LogP) is 6.31. The van der Waals surface area contributed by atoms with E-state index in [2.05, 4.69) is 55.1 Å². The number of nitrogens with zero attached hydrogens (tertiary/aromatic N) is 2. The van der Waals surface area contributed by atoms with E-state index in [0.29, 0.717) is 0 Å². The molecule has 0 aliphatic carbocycles. The Hall–Kier alpha value is -0.624. The van der Waals surface area contributed by atoms with Crippen molar-refractivity contribution in [3.8, 4) is 5.88 Å². The summed E-state index contributed by atoms with van der Waals surface area (Å²) in [4.78, 5) is 8.00. The van der Waals surface area contributed by atoms with Gasteiger partial charge in [0.25, 0.3) is 0 Å². The van der Waals surface area contributed by atoms with E-state index in [1.165, 1.54) is 94.1 Å². The molecule has 0 fully saturated rings. The van der Waals surface area contributed by atoms with Crippen molar-refractivity contribution in [1.82, 2.24) is 9.97 Å². The average molecular weight is 698 g/mol. The molecule has 12 heteroatoms. The van der Waals surface area contributed by atoms with Crippen LogP contribution in [0.4, 0.5) is 13.2 Å². The van der Waals surface area contributed by atoms with Gasteiger partial charge >= 0.3 is 38.7 Å². The number of hydrogen-bond donors (Lipinski definition) is 0. The maximum atomic E-state index is 11.8. The van der Waals surface area contributed by atoms with Crippen LogP contribution in [0.1, 0.15) is 109 Å². The molecule has 0 spiro atoms. The summed E-state index contributed by atoms with van der Waals surface area (Å²) in [5.41, 5.74) is -2.91. The van der Waals surface area contributed by atoms with Gasteiger partial charge in [0, 0.05) is 17.5 Å². The number of pyridine rings is 2. The molecule has 0 aliphatic heterocycles. The van der Waals surface area contributed by atoms with Gasteiger partial charge < -0.3 is 28.1 Å². The molecule has 0 unspecified atom stereocenters. The second kappa shape index (κ2) is 27.0. The van der Waals surface area contributed by atoms with Crippen LogP contribution in [0, 0.1) is 6.92 Å². The molecular weight excluding hydrogens is 653 g/mol. The van der Waals surface area contributed by atoms with Crippen molar-refractivity contribution in [2.24, 2.45) is 0 Å². The third-order valence-electron chi connectivity index (χ3n) is 5.46. The SMILES string of the molecule is CCCCCCc1cccc(CCCCCC)n1.O=S(=O)(Oc1cccc(Cl)n1)C(F)(F)F.[Br-].[CH2-]CCCCC.[Mg+2]. The first-order chi connectivity index (χ1) is 18.5. The first kappa shape index (κ1) is 44.8. The minimum absolute atomic E-state index is 0. The summed E-state index contributed by atoms with van der Waals surface area (Å²) in [5, 5.41) is -0.176. The van der Waals surface area contributed by atoms with Crippen molar-refractivity contribution in [3.63, 3.8) is 0 Å².